The van der Waals surface area contributed by atoms with Crippen molar-refractivity contribution in [3.63, 3.8) is 0 Å². The largest absolute Gasteiger partial charge is 0.469 e. The molecule has 0 N–H and O–H groups in total. The first-order chi connectivity index (χ1) is 18.6. The summed E-state index contributed by atoms with van der Waals surface area (Å²) in [5, 5.41) is 0.0408. The molecule has 0 aromatic heterocycles. The number of halogens is 1. The first-order valence-electron chi connectivity index (χ1n) is 15.2. The van der Waals surface area contributed by atoms with E-state index in [4.69, 9.17) is 35.3 Å². The highest BCUT2D eigenvalue weighted by molar-refractivity contribution is 6.21. The van der Waals surface area contributed by atoms with Crippen LogP contribution in [0.2, 0.25) is 0 Å². The standard InChI is InChI=1S/C31H51ClO6/c1-3-4-7-14-24(37-30-17-10-12-21-35-30)19-20-26-25(15-8-5-6-9-16-29(33)34-2)27(32)23-28(26)38-31-18-11-13-22-36-31/h5,8,19-20,24-28,30-31H,3-4,6-7,9-18,21-23H2,1-2H3/b8-5-,20-19+/t24-,25+,26+,27+,28+,30?,31?/m0/s1. The first-order valence-corrected chi connectivity index (χ1v) is 15.6. The van der Waals surface area contributed by atoms with E-state index in [1.165, 1.54) is 20.0 Å². The van der Waals surface area contributed by atoms with E-state index in [2.05, 4.69) is 31.2 Å². The molecule has 38 heavy (non-hydrogen) atoms. The number of carbonyl (C=O) groups excluding carboxylic acids is 1. The van der Waals surface area contributed by atoms with E-state index in [9.17, 15) is 4.79 Å². The highest BCUT2D eigenvalue weighted by atomic mass is 35.5. The van der Waals surface area contributed by atoms with E-state index in [0.29, 0.717) is 6.42 Å². The van der Waals surface area contributed by atoms with Crippen LogP contribution in [0.15, 0.2) is 24.3 Å². The molecule has 3 rings (SSSR count). The molecule has 0 aromatic rings. The van der Waals surface area contributed by atoms with Gasteiger partial charge in [0.05, 0.1) is 19.3 Å². The fraction of sp³-hybridized carbons (Fsp3) is 0.839. The van der Waals surface area contributed by atoms with Gasteiger partial charge in [-0.1, -0.05) is 50.5 Å². The Balaban J connectivity index is 1.65. The summed E-state index contributed by atoms with van der Waals surface area (Å²) in [5.74, 6) is 0.326. The zero-order chi connectivity index (χ0) is 27.0. The number of allylic oxidation sites excluding steroid dienone is 2. The zero-order valence-corrected chi connectivity index (χ0v) is 24.5. The summed E-state index contributed by atoms with van der Waals surface area (Å²) < 4.78 is 29.5. The molecule has 0 radical (unpaired) electrons. The SMILES string of the molecule is CCCCC[C@@H](/C=C/[C@@H]1[C@@H](C/C=C\CCCC(=O)OC)[C@H](Cl)C[C@H]1OC1CCCCO1)OC1CCCCO1. The Bertz CT molecular complexity index is 700. The van der Waals surface area contributed by atoms with Crippen LogP contribution in [0, 0.1) is 11.8 Å². The average Bonchev–Trinajstić information content (AvgIpc) is 3.23. The summed E-state index contributed by atoms with van der Waals surface area (Å²) in [4.78, 5) is 11.4. The topological polar surface area (TPSA) is 63.2 Å². The van der Waals surface area contributed by atoms with Gasteiger partial charge >= 0.3 is 5.97 Å². The lowest BCUT2D eigenvalue weighted by atomic mass is 9.90. The van der Waals surface area contributed by atoms with Gasteiger partial charge in [-0.05, 0) is 76.5 Å². The van der Waals surface area contributed by atoms with Crippen LogP contribution >= 0.6 is 11.6 Å². The summed E-state index contributed by atoms with van der Waals surface area (Å²) in [6.45, 7) is 3.80. The lowest BCUT2D eigenvalue weighted by Gasteiger charge is -2.30. The fourth-order valence-corrected chi connectivity index (χ4v) is 6.16. The molecule has 1 saturated carbocycles. The van der Waals surface area contributed by atoms with Crippen LogP contribution in [-0.2, 0) is 28.5 Å². The second kappa shape index (κ2) is 18.4. The third-order valence-corrected chi connectivity index (χ3v) is 8.47. The molecule has 7 heteroatoms. The second-order valence-electron chi connectivity index (χ2n) is 11.0. The second-order valence-corrected chi connectivity index (χ2v) is 11.6. The molecule has 2 unspecified atom stereocenters. The van der Waals surface area contributed by atoms with Crippen molar-refractivity contribution in [2.75, 3.05) is 20.3 Å². The summed E-state index contributed by atoms with van der Waals surface area (Å²) in [7, 11) is 1.44. The number of methoxy groups -OCH3 is 1. The Morgan fingerprint density at radius 2 is 1.79 bits per heavy atom. The summed E-state index contributed by atoms with van der Waals surface area (Å²) >= 11 is 6.96. The fourth-order valence-electron chi connectivity index (χ4n) is 5.71. The van der Waals surface area contributed by atoms with E-state index >= 15 is 0 Å². The van der Waals surface area contributed by atoms with Gasteiger partial charge in [0.15, 0.2) is 12.6 Å². The quantitative estimate of drug-likeness (QED) is 0.0852. The lowest BCUT2D eigenvalue weighted by Crippen LogP contribution is -2.31. The lowest BCUT2D eigenvalue weighted by molar-refractivity contribution is -0.192. The highest BCUT2D eigenvalue weighted by Crippen LogP contribution is 2.42. The normalized spacial score (nSPS) is 31.2. The number of carbonyl (C=O) groups is 1. The molecule has 7 atom stereocenters. The Morgan fingerprint density at radius 1 is 1.03 bits per heavy atom. The molecule has 0 spiro atoms. The van der Waals surface area contributed by atoms with Crippen LogP contribution in [0.4, 0.5) is 0 Å². The number of rotatable bonds is 16. The van der Waals surface area contributed by atoms with Gasteiger partial charge in [-0.2, -0.15) is 0 Å². The van der Waals surface area contributed by atoms with Crippen molar-refractivity contribution in [3.8, 4) is 0 Å². The van der Waals surface area contributed by atoms with Gasteiger partial charge < -0.3 is 23.7 Å². The maximum Gasteiger partial charge on any atom is 0.305 e. The van der Waals surface area contributed by atoms with E-state index in [1.807, 2.05) is 0 Å². The molecule has 0 aromatic carbocycles. The van der Waals surface area contributed by atoms with Gasteiger partial charge in [0.25, 0.3) is 0 Å². The molecule has 0 bridgehead atoms. The van der Waals surface area contributed by atoms with E-state index < -0.39 is 0 Å². The smallest absolute Gasteiger partial charge is 0.305 e. The third kappa shape index (κ3) is 11.3. The van der Waals surface area contributed by atoms with Gasteiger partial charge in [0.1, 0.15) is 0 Å². The molecular weight excluding hydrogens is 504 g/mol. The van der Waals surface area contributed by atoms with Crippen LogP contribution in [-0.4, -0.2) is 56.5 Å². The van der Waals surface area contributed by atoms with Crippen LogP contribution in [0.1, 0.15) is 103 Å². The summed E-state index contributed by atoms with van der Waals surface area (Å²) in [6.07, 6.45) is 23.7. The molecule has 3 aliphatic rings. The maximum atomic E-state index is 11.4. The number of ether oxygens (including phenoxy) is 5. The van der Waals surface area contributed by atoms with Crippen LogP contribution in [0.3, 0.4) is 0 Å². The van der Waals surface area contributed by atoms with Crippen molar-refractivity contribution >= 4 is 17.6 Å². The monoisotopic (exact) mass is 554 g/mol. The predicted molar refractivity (Wildman–Crippen MR) is 151 cm³/mol. The molecular formula is C31H51ClO6. The summed E-state index contributed by atoms with van der Waals surface area (Å²) in [6, 6.07) is 0. The van der Waals surface area contributed by atoms with E-state index in [1.54, 1.807) is 0 Å². The minimum absolute atomic E-state index is 0.0387. The molecule has 0 amide bonds. The first kappa shape index (κ1) is 31.6. The zero-order valence-electron chi connectivity index (χ0n) is 23.7. The molecule has 6 nitrogen and oxygen atoms in total. The number of hydrogen-bond acceptors (Lipinski definition) is 6. The maximum absolute atomic E-state index is 11.4. The minimum atomic E-state index is -0.153. The molecule has 2 saturated heterocycles. The number of esters is 1. The van der Waals surface area contributed by atoms with Crippen molar-refractivity contribution in [1.29, 1.82) is 0 Å². The molecule has 3 fully saturated rings. The predicted octanol–water partition coefficient (Wildman–Crippen LogP) is 7.48. The molecule has 2 aliphatic heterocycles. The Hall–Kier alpha value is -0.920. The van der Waals surface area contributed by atoms with E-state index in [0.717, 1.165) is 90.3 Å². The molecule has 2 heterocycles. The van der Waals surface area contributed by atoms with Crippen LogP contribution in [0.5, 0.6) is 0 Å². The Morgan fingerprint density at radius 3 is 2.47 bits per heavy atom. The Labute approximate surface area is 235 Å². The number of alkyl halides is 1. The van der Waals surface area contributed by atoms with Gasteiger partial charge in [0, 0.05) is 30.9 Å². The van der Waals surface area contributed by atoms with Gasteiger partial charge in [0.2, 0.25) is 0 Å². The van der Waals surface area contributed by atoms with Gasteiger partial charge in [-0.15, -0.1) is 11.6 Å². The van der Waals surface area contributed by atoms with Crippen molar-refractivity contribution in [3.05, 3.63) is 24.3 Å². The van der Waals surface area contributed by atoms with Crippen molar-refractivity contribution in [2.24, 2.45) is 11.8 Å². The highest BCUT2D eigenvalue weighted by Gasteiger charge is 2.42. The third-order valence-electron chi connectivity index (χ3n) is 7.97. The van der Waals surface area contributed by atoms with Crippen LogP contribution in [0.25, 0.3) is 0 Å². The van der Waals surface area contributed by atoms with Crippen molar-refractivity contribution in [1.82, 2.24) is 0 Å². The van der Waals surface area contributed by atoms with E-state index in [-0.39, 0.29) is 48.0 Å². The van der Waals surface area contributed by atoms with Crippen LogP contribution < -0.4 is 0 Å². The molecule has 218 valence electrons. The Kier molecular flexibility index (Phi) is 15.3. The van der Waals surface area contributed by atoms with Crippen molar-refractivity contribution < 1.29 is 28.5 Å². The minimum Gasteiger partial charge on any atom is -0.469 e. The van der Waals surface area contributed by atoms with Crippen molar-refractivity contribution in [2.45, 2.75) is 133 Å². The number of hydrogen-bond donors (Lipinski definition) is 0. The number of unbranched alkanes of at least 4 members (excludes halogenated alkanes) is 3. The van der Waals surface area contributed by atoms with Gasteiger partial charge in [-0.25, -0.2) is 0 Å². The summed E-state index contributed by atoms with van der Waals surface area (Å²) in [5.41, 5.74) is 0. The average molecular weight is 555 g/mol. The van der Waals surface area contributed by atoms with Gasteiger partial charge in [-0.3, -0.25) is 4.79 Å². The molecule has 1 aliphatic carbocycles.